The molecule has 27 heavy (non-hydrogen) atoms. The van der Waals surface area contributed by atoms with Crippen LogP contribution in [0.25, 0.3) is 0 Å². The maximum Gasteiger partial charge on any atom is 0.191 e. The Balaban J connectivity index is 0.00000261. The highest BCUT2D eigenvalue weighted by atomic mass is 127. The number of hydrogen-bond donors (Lipinski definition) is 2. The summed E-state index contributed by atoms with van der Waals surface area (Å²) in [5.74, 6) is 0.0873. The Morgan fingerprint density at radius 3 is 2.85 bits per heavy atom. The van der Waals surface area contributed by atoms with E-state index in [1.165, 1.54) is 17.0 Å². The average Bonchev–Trinajstić information content (AvgIpc) is 3.30. The molecular formula is C19H25F2IN4S. The highest BCUT2D eigenvalue weighted by molar-refractivity contribution is 14.0. The molecule has 4 nitrogen and oxygen atoms in total. The van der Waals surface area contributed by atoms with Gasteiger partial charge in [-0.1, -0.05) is 13.0 Å². The summed E-state index contributed by atoms with van der Waals surface area (Å²) < 4.78 is 27.1. The molecule has 2 heterocycles. The molecule has 148 valence electrons. The van der Waals surface area contributed by atoms with Gasteiger partial charge < -0.3 is 15.5 Å². The Hall–Kier alpha value is -1.42. The summed E-state index contributed by atoms with van der Waals surface area (Å²) in [5.41, 5.74) is 0.449. The molecule has 2 N–H and O–H groups in total. The van der Waals surface area contributed by atoms with Crippen molar-refractivity contribution in [1.29, 1.82) is 0 Å². The van der Waals surface area contributed by atoms with Crippen LogP contribution in [0.3, 0.4) is 0 Å². The molecule has 1 saturated heterocycles. The summed E-state index contributed by atoms with van der Waals surface area (Å²) in [6.07, 6.45) is 0.873. The van der Waals surface area contributed by atoms with E-state index in [0.717, 1.165) is 31.5 Å². The van der Waals surface area contributed by atoms with E-state index < -0.39 is 11.6 Å². The van der Waals surface area contributed by atoms with Crippen molar-refractivity contribution in [2.24, 2.45) is 4.99 Å². The molecule has 0 spiro atoms. The van der Waals surface area contributed by atoms with Gasteiger partial charge in [-0.3, -0.25) is 4.99 Å². The molecule has 2 aromatic rings. The van der Waals surface area contributed by atoms with Crippen molar-refractivity contribution in [2.75, 3.05) is 31.6 Å². The van der Waals surface area contributed by atoms with Crippen LogP contribution in [0.2, 0.25) is 0 Å². The third-order valence-corrected chi connectivity index (χ3v) is 5.71. The number of anilines is 1. The van der Waals surface area contributed by atoms with Gasteiger partial charge in [0.25, 0.3) is 0 Å². The minimum Gasteiger partial charge on any atom is -0.367 e. The van der Waals surface area contributed by atoms with Crippen LogP contribution in [-0.2, 0) is 0 Å². The molecule has 1 aliphatic heterocycles. The van der Waals surface area contributed by atoms with Crippen molar-refractivity contribution < 1.29 is 8.78 Å². The number of aliphatic imine (C=N–C) groups is 1. The van der Waals surface area contributed by atoms with E-state index in [9.17, 15) is 8.78 Å². The van der Waals surface area contributed by atoms with Gasteiger partial charge in [0.15, 0.2) is 5.96 Å². The quantitative estimate of drug-likeness (QED) is 0.363. The molecule has 0 bridgehead atoms. The molecule has 0 amide bonds. The molecule has 1 aliphatic rings. The van der Waals surface area contributed by atoms with Crippen LogP contribution in [0.5, 0.6) is 0 Å². The van der Waals surface area contributed by atoms with Crippen molar-refractivity contribution in [1.82, 2.24) is 10.6 Å². The average molecular weight is 506 g/mol. The molecule has 1 fully saturated rings. The van der Waals surface area contributed by atoms with E-state index in [1.54, 1.807) is 18.4 Å². The molecule has 0 aliphatic carbocycles. The first-order valence-electron chi connectivity index (χ1n) is 8.77. The Bertz CT molecular complexity index is 754. The minimum atomic E-state index is -0.551. The zero-order valence-electron chi connectivity index (χ0n) is 15.4. The SMILES string of the molecule is CN=C(NCC(C)c1cccs1)NC1CCN(c2ccc(F)cc2F)C1.I. The lowest BCUT2D eigenvalue weighted by atomic mass is 10.1. The summed E-state index contributed by atoms with van der Waals surface area (Å²) in [5, 5.41) is 8.85. The molecule has 0 radical (unpaired) electrons. The lowest BCUT2D eigenvalue weighted by Crippen LogP contribution is -2.45. The van der Waals surface area contributed by atoms with Crippen LogP contribution in [0.1, 0.15) is 24.1 Å². The largest absolute Gasteiger partial charge is 0.367 e. The highest BCUT2D eigenvalue weighted by Gasteiger charge is 2.25. The fourth-order valence-corrected chi connectivity index (χ4v) is 3.93. The standard InChI is InChI=1S/C19H24F2N4S.HI/c1-13(18-4-3-9-26-18)11-23-19(22-2)24-15-7-8-25(12-15)17-6-5-14(20)10-16(17)21;/h3-6,9-10,13,15H,7-8,11-12H2,1-2H3,(H2,22,23,24);1H. The predicted octanol–water partition coefficient (Wildman–Crippen LogP) is 4.19. The topological polar surface area (TPSA) is 39.7 Å². The normalized spacial score (nSPS) is 18.1. The van der Waals surface area contributed by atoms with E-state index in [-0.39, 0.29) is 30.0 Å². The molecule has 3 rings (SSSR count). The number of benzene rings is 1. The second-order valence-electron chi connectivity index (χ2n) is 6.54. The lowest BCUT2D eigenvalue weighted by Gasteiger charge is -2.21. The monoisotopic (exact) mass is 506 g/mol. The van der Waals surface area contributed by atoms with Gasteiger partial charge in [0.1, 0.15) is 11.6 Å². The van der Waals surface area contributed by atoms with Gasteiger partial charge in [-0.25, -0.2) is 8.78 Å². The molecule has 1 aromatic carbocycles. The summed E-state index contributed by atoms with van der Waals surface area (Å²) in [7, 11) is 1.75. The number of nitrogens with one attached hydrogen (secondary N) is 2. The number of hydrogen-bond acceptors (Lipinski definition) is 3. The number of halogens is 3. The van der Waals surface area contributed by atoms with E-state index in [4.69, 9.17) is 0 Å². The Labute approximate surface area is 180 Å². The number of nitrogens with zero attached hydrogens (tertiary/aromatic N) is 2. The van der Waals surface area contributed by atoms with Crippen LogP contribution in [0.15, 0.2) is 40.7 Å². The second kappa shape index (κ2) is 10.2. The van der Waals surface area contributed by atoms with Gasteiger partial charge in [0.2, 0.25) is 0 Å². The summed E-state index contributed by atoms with van der Waals surface area (Å²) in [6, 6.07) is 8.10. The van der Waals surface area contributed by atoms with Crippen LogP contribution >= 0.6 is 35.3 Å². The first-order chi connectivity index (χ1) is 12.6. The van der Waals surface area contributed by atoms with Crippen LogP contribution in [0.4, 0.5) is 14.5 Å². The van der Waals surface area contributed by atoms with Crippen LogP contribution in [0, 0.1) is 11.6 Å². The van der Waals surface area contributed by atoms with E-state index in [0.29, 0.717) is 18.2 Å². The predicted molar refractivity (Wildman–Crippen MR) is 120 cm³/mol. The first-order valence-corrected chi connectivity index (χ1v) is 9.65. The van der Waals surface area contributed by atoms with E-state index in [2.05, 4.69) is 40.1 Å². The van der Waals surface area contributed by atoms with Gasteiger partial charge >= 0.3 is 0 Å². The van der Waals surface area contributed by atoms with Crippen molar-refractivity contribution in [2.45, 2.75) is 25.3 Å². The lowest BCUT2D eigenvalue weighted by molar-refractivity contribution is 0.580. The van der Waals surface area contributed by atoms with Gasteiger partial charge in [0, 0.05) is 49.6 Å². The maximum atomic E-state index is 14.0. The van der Waals surface area contributed by atoms with Gasteiger partial charge in [-0.15, -0.1) is 35.3 Å². The summed E-state index contributed by atoms with van der Waals surface area (Å²) in [4.78, 5) is 7.57. The third-order valence-electron chi connectivity index (χ3n) is 4.61. The Kier molecular flexibility index (Phi) is 8.28. The Morgan fingerprint density at radius 1 is 1.37 bits per heavy atom. The molecule has 2 unspecified atom stereocenters. The number of guanidine groups is 1. The van der Waals surface area contributed by atoms with Crippen molar-refractivity contribution >= 4 is 47.0 Å². The van der Waals surface area contributed by atoms with Crippen LogP contribution in [-0.4, -0.2) is 38.7 Å². The third kappa shape index (κ3) is 5.78. The van der Waals surface area contributed by atoms with Crippen molar-refractivity contribution in [3.63, 3.8) is 0 Å². The fraction of sp³-hybridized carbons (Fsp3) is 0.421. The minimum absolute atomic E-state index is 0. The smallest absolute Gasteiger partial charge is 0.191 e. The van der Waals surface area contributed by atoms with Crippen LogP contribution < -0.4 is 15.5 Å². The maximum absolute atomic E-state index is 14.0. The van der Waals surface area contributed by atoms with Crippen molar-refractivity contribution in [3.8, 4) is 0 Å². The van der Waals surface area contributed by atoms with Gasteiger partial charge in [-0.05, 0) is 30.0 Å². The number of thiophene rings is 1. The summed E-state index contributed by atoms with van der Waals surface area (Å²) >= 11 is 1.75. The molecular weight excluding hydrogens is 481 g/mol. The molecule has 0 saturated carbocycles. The van der Waals surface area contributed by atoms with Gasteiger partial charge in [0.05, 0.1) is 5.69 Å². The van der Waals surface area contributed by atoms with E-state index >= 15 is 0 Å². The second-order valence-corrected chi connectivity index (χ2v) is 7.52. The van der Waals surface area contributed by atoms with E-state index in [1.807, 2.05) is 4.90 Å². The van der Waals surface area contributed by atoms with Crippen molar-refractivity contribution in [3.05, 3.63) is 52.2 Å². The van der Waals surface area contributed by atoms with Gasteiger partial charge in [-0.2, -0.15) is 0 Å². The summed E-state index contributed by atoms with van der Waals surface area (Å²) in [6.45, 7) is 4.36. The fourth-order valence-electron chi connectivity index (χ4n) is 3.14. The molecule has 1 aromatic heterocycles. The first kappa shape index (κ1) is 21.9. The zero-order chi connectivity index (χ0) is 18.5. The zero-order valence-corrected chi connectivity index (χ0v) is 18.6. The molecule has 8 heteroatoms. The highest BCUT2D eigenvalue weighted by Crippen LogP contribution is 2.24. The molecule has 2 atom stereocenters. The number of rotatable bonds is 5. The Morgan fingerprint density at radius 2 is 2.19 bits per heavy atom.